The zero-order valence-electron chi connectivity index (χ0n) is 11.6. The van der Waals surface area contributed by atoms with Crippen molar-refractivity contribution < 1.29 is 14.4 Å². The minimum atomic E-state index is -0.526. The summed E-state index contributed by atoms with van der Waals surface area (Å²) in [6.45, 7) is 3.72. The smallest absolute Gasteiger partial charge is 0.321 e. The number of nitrogens with one attached hydrogen (secondary N) is 2. The van der Waals surface area contributed by atoms with Gasteiger partial charge in [-0.2, -0.15) is 0 Å². The van der Waals surface area contributed by atoms with Crippen molar-refractivity contribution in [3.05, 3.63) is 0 Å². The summed E-state index contributed by atoms with van der Waals surface area (Å²) < 4.78 is 0. The Morgan fingerprint density at radius 1 is 1.06 bits per heavy atom. The van der Waals surface area contributed by atoms with E-state index in [4.69, 9.17) is 0 Å². The van der Waals surface area contributed by atoms with Crippen LogP contribution in [0.15, 0.2) is 0 Å². The van der Waals surface area contributed by atoms with E-state index < -0.39 is 11.9 Å². The highest BCUT2D eigenvalue weighted by Gasteiger charge is 2.14. The largest absolute Gasteiger partial charge is 0.348 e. The molecule has 104 valence electrons. The zero-order valence-corrected chi connectivity index (χ0v) is 11.6. The number of imide groups is 1. The van der Waals surface area contributed by atoms with Gasteiger partial charge in [0.15, 0.2) is 0 Å². The van der Waals surface area contributed by atoms with Crippen molar-refractivity contribution in [2.24, 2.45) is 0 Å². The first kappa shape index (κ1) is 16.4. The van der Waals surface area contributed by atoms with Crippen molar-refractivity contribution in [2.75, 3.05) is 34.2 Å². The second-order valence-electron chi connectivity index (χ2n) is 4.64. The predicted molar refractivity (Wildman–Crippen MR) is 68.0 cm³/mol. The molecule has 0 atom stereocenters. The predicted octanol–water partition coefficient (Wildman–Crippen LogP) is -0.759. The van der Waals surface area contributed by atoms with Crippen LogP contribution in [0.4, 0.5) is 4.79 Å². The van der Waals surface area contributed by atoms with Crippen molar-refractivity contribution in [3.63, 3.8) is 0 Å². The van der Waals surface area contributed by atoms with E-state index in [0.717, 1.165) is 0 Å². The molecular formula is C11H22N4O3. The summed E-state index contributed by atoms with van der Waals surface area (Å²) in [7, 11) is 4.93. The molecule has 0 rings (SSSR count). The van der Waals surface area contributed by atoms with E-state index in [9.17, 15) is 14.4 Å². The third-order valence-corrected chi connectivity index (χ3v) is 1.99. The Hall–Kier alpha value is -1.63. The molecular weight excluding hydrogens is 236 g/mol. The van der Waals surface area contributed by atoms with Crippen LogP contribution in [0, 0.1) is 0 Å². The van der Waals surface area contributed by atoms with E-state index >= 15 is 0 Å². The Morgan fingerprint density at radius 2 is 1.61 bits per heavy atom. The average Bonchev–Trinajstić information content (AvgIpc) is 2.14. The van der Waals surface area contributed by atoms with Crippen LogP contribution >= 0.6 is 0 Å². The Bertz CT molecular complexity index is 315. The molecule has 0 aromatic carbocycles. The molecule has 0 aromatic rings. The van der Waals surface area contributed by atoms with Gasteiger partial charge in [-0.15, -0.1) is 0 Å². The van der Waals surface area contributed by atoms with E-state index in [2.05, 4.69) is 10.6 Å². The minimum Gasteiger partial charge on any atom is -0.348 e. The molecule has 0 saturated heterocycles. The normalized spacial score (nSPS) is 10.4. The Balaban J connectivity index is 4.01. The maximum absolute atomic E-state index is 11.5. The lowest BCUT2D eigenvalue weighted by Gasteiger charge is -2.18. The van der Waals surface area contributed by atoms with Crippen LogP contribution in [-0.4, -0.2) is 67.9 Å². The highest BCUT2D eigenvalue weighted by molar-refractivity contribution is 5.95. The number of hydrogen-bond acceptors (Lipinski definition) is 4. The number of hydrogen-bond donors (Lipinski definition) is 2. The Kier molecular flexibility index (Phi) is 6.96. The van der Waals surface area contributed by atoms with Gasteiger partial charge < -0.3 is 10.2 Å². The van der Waals surface area contributed by atoms with Crippen LogP contribution in [0.1, 0.15) is 13.8 Å². The van der Waals surface area contributed by atoms with E-state index in [1.54, 1.807) is 39.9 Å². The van der Waals surface area contributed by atoms with Crippen LogP contribution in [0.3, 0.4) is 0 Å². The van der Waals surface area contributed by atoms with Gasteiger partial charge in [0.1, 0.15) is 0 Å². The quantitative estimate of drug-likeness (QED) is 0.679. The van der Waals surface area contributed by atoms with Gasteiger partial charge in [-0.3, -0.25) is 19.8 Å². The molecule has 7 heteroatoms. The Labute approximate surface area is 107 Å². The molecule has 0 spiro atoms. The van der Waals surface area contributed by atoms with Crippen LogP contribution in [0.25, 0.3) is 0 Å². The van der Waals surface area contributed by atoms with E-state index in [0.29, 0.717) is 0 Å². The summed E-state index contributed by atoms with van der Waals surface area (Å²) in [5, 5.41) is 4.73. The molecule has 0 aliphatic carbocycles. The maximum atomic E-state index is 11.5. The molecule has 0 bridgehead atoms. The average molecular weight is 258 g/mol. The summed E-state index contributed by atoms with van der Waals surface area (Å²) >= 11 is 0. The number of carbonyl (C=O) groups is 3. The molecule has 0 heterocycles. The molecule has 4 amide bonds. The highest BCUT2D eigenvalue weighted by atomic mass is 16.2. The summed E-state index contributed by atoms with van der Waals surface area (Å²) in [6.07, 6.45) is 0. The molecule has 0 fully saturated rings. The summed E-state index contributed by atoms with van der Waals surface area (Å²) in [4.78, 5) is 37.1. The molecule has 0 unspecified atom stereocenters. The van der Waals surface area contributed by atoms with Crippen LogP contribution in [0.5, 0.6) is 0 Å². The van der Waals surface area contributed by atoms with E-state index in [1.807, 2.05) is 0 Å². The third kappa shape index (κ3) is 7.61. The van der Waals surface area contributed by atoms with Crippen molar-refractivity contribution >= 4 is 17.8 Å². The first-order valence-corrected chi connectivity index (χ1v) is 5.71. The van der Waals surface area contributed by atoms with Crippen LogP contribution < -0.4 is 10.6 Å². The number of likely N-dealkylation sites (N-methyl/N-ethyl adjacent to an activating group) is 2. The second-order valence-corrected chi connectivity index (χ2v) is 4.64. The topological polar surface area (TPSA) is 81.8 Å². The number of nitrogens with zero attached hydrogens (tertiary/aromatic N) is 2. The van der Waals surface area contributed by atoms with E-state index in [1.165, 1.54) is 4.90 Å². The van der Waals surface area contributed by atoms with Gasteiger partial charge in [0.2, 0.25) is 11.8 Å². The van der Waals surface area contributed by atoms with Gasteiger partial charge in [0.25, 0.3) is 0 Å². The van der Waals surface area contributed by atoms with Crippen molar-refractivity contribution in [1.29, 1.82) is 0 Å². The van der Waals surface area contributed by atoms with E-state index in [-0.39, 0.29) is 25.0 Å². The summed E-state index contributed by atoms with van der Waals surface area (Å²) in [5.41, 5.74) is 0. The molecule has 7 nitrogen and oxygen atoms in total. The highest BCUT2D eigenvalue weighted by Crippen LogP contribution is 1.87. The molecule has 2 N–H and O–H groups in total. The number of urea groups is 1. The first-order chi connectivity index (χ1) is 8.22. The van der Waals surface area contributed by atoms with Gasteiger partial charge in [-0.25, -0.2) is 4.79 Å². The fourth-order valence-electron chi connectivity index (χ4n) is 1.14. The Morgan fingerprint density at radius 3 is 2.06 bits per heavy atom. The second kappa shape index (κ2) is 7.65. The van der Waals surface area contributed by atoms with Gasteiger partial charge in [-0.05, 0) is 20.9 Å². The summed E-state index contributed by atoms with van der Waals surface area (Å²) in [5.74, 6) is -0.542. The number of rotatable bonds is 5. The minimum absolute atomic E-state index is 0.00883. The monoisotopic (exact) mass is 258 g/mol. The summed E-state index contributed by atoms with van der Waals surface area (Å²) in [6, 6.07) is -0.562. The maximum Gasteiger partial charge on any atom is 0.321 e. The zero-order chi connectivity index (χ0) is 14.3. The fraction of sp³-hybridized carbons (Fsp3) is 0.727. The molecule has 0 aliphatic heterocycles. The van der Waals surface area contributed by atoms with Crippen molar-refractivity contribution in [1.82, 2.24) is 20.4 Å². The van der Waals surface area contributed by atoms with Gasteiger partial charge in [0, 0.05) is 20.1 Å². The standard InChI is InChI=1S/C11H22N4O3/c1-8(2)12-11(18)13-9(16)6-15(5)7-10(17)14(3)4/h8H,6-7H2,1-5H3,(H2,12,13,16,18). The lowest BCUT2D eigenvalue weighted by atomic mass is 10.4. The fourth-order valence-corrected chi connectivity index (χ4v) is 1.14. The van der Waals surface area contributed by atoms with Gasteiger partial charge in [0.05, 0.1) is 13.1 Å². The van der Waals surface area contributed by atoms with Crippen molar-refractivity contribution in [2.45, 2.75) is 19.9 Å². The third-order valence-electron chi connectivity index (χ3n) is 1.99. The number of carbonyl (C=O) groups excluding carboxylic acids is 3. The first-order valence-electron chi connectivity index (χ1n) is 5.71. The van der Waals surface area contributed by atoms with Gasteiger partial charge in [-0.1, -0.05) is 0 Å². The molecule has 0 radical (unpaired) electrons. The van der Waals surface area contributed by atoms with Crippen molar-refractivity contribution in [3.8, 4) is 0 Å². The molecule has 0 aliphatic rings. The van der Waals surface area contributed by atoms with Gasteiger partial charge >= 0.3 is 6.03 Å². The van der Waals surface area contributed by atoms with Crippen LogP contribution in [0.2, 0.25) is 0 Å². The molecule has 18 heavy (non-hydrogen) atoms. The van der Waals surface area contributed by atoms with Crippen LogP contribution in [-0.2, 0) is 9.59 Å². The lowest BCUT2D eigenvalue weighted by Crippen LogP contribution is -2.47. The lowest BCUT2D eigenvalue weighted by molar-refractivity contribution is -0.130. The SMILES string of the molecule is CC(C)NC(=O)NC(=O)CN(C)CC(=O)N(C)C. The molecule has 0 aromatic heterocycles. The number of amides is 4. The molecule has 0 saturated carbocycles.